The lowest BCUT2D eigenvalue weighted by Crippen LogP contribution is -2.48. The van der Waals surface area contributed by atoms with Crippen LogP contribution in [0.4, 0.5) is 0 Å². The van der Waals surface area contributed by atoms with E-state index in [9.17, 15) is 29.7 Å². The quantitative estimate of drug-likeness (QED) is 0.410. The molecule has 3 N–H and O–H groups in total. The van der Waals surface area contributed by atoms with Gasteiger partial charge in [-0.25, -0.2) is 0 Å². The summed E-state index contributed by atoms with van der Waals surface area (Å²) < 4.78 is 1.94. The van der Waals surface area contributed by atoms with Gasteiger partial charge in [-0.2, -0.15) is 5.10 Å². The molecule has 1 fully saturated rings. The Kier molecular flexibility index (Phi) is 10.7. The first-order valence-corrected chi connectivity index (χ1v) is 11.2. The summed E-state index contributed by atoms with van der Waals surface area (Å²) in [4.78, 5) is 41.5. The van der Waals surface area contributed by atoms with E-state index >= 15 is 0 Å². The number of hydrogen-bond acceptors (Lipinski definition) is 8. The van der Waals surface area contributed by atoms with Crippen LogP contribution in [0.2, 0.25) is 0 Å². The number of hydrogen-bond donors (Lipinski definition) is 3. The Balaban J connectivity index is 2.11. The maximum absolute atomic E-state index is 11.3. The van der Waals surface area contributed by atoms with E-state index < -0.39 is 17.9 Å². The van der Waals surface area contributed by atoms with Gasteiger partial charge < -0.3 is 15.3 Å². The van der Waals surface area contributed by atoms with Gasteiger partial charge in [-0.15, -0.1) is 0 Å². The highest BCUT2D eigenvalue weighted by atomic mass is 16.4. The van der Waals surface area contributed by atoms with Crippen LogP contribution in [0.25, 0.3) is 0 Å². The van der Waals surface area contributed by atoms with Crippen LogP contribution in [0.15, 0.2) is 6.07 Å². The van der Waals surface area contributed by atoms with Crippen molar-refractivity contribution in [1.82, 2.24) is 29.4 Å². The van der Waals surface area contributed by atoms with Crippen molar-refractivity contribution in [3.8, 4) is 0 Å². The molecule has 0 amide bonds. The minimum absolute atomic E-state index is 0.114. The summed E-state index contributed by atoms with van der Waals surface area (Å²) in [5.74, 6) is -2.81. The Bertz CT molecular complexity index is 768. The lowest BCUT2D eigenvalue weighted by Gasteiger charge is -2.33. The molecule has 0 radical (unpaired) electrons. The van der Waals surface area contributed by atoms with Crippen LogP contribution < -0.4 is 0 Å². The lowest BCUT2D eigenvalue weighted by atomic mass is 10.3. The first-order valence-electron chi connectivity index (χ1n) is 11.2. The van der Waals surface area contributed by atoms with Gasteiger partial charge in [0.2, 0.25) is 0 Å². The molecule has 33 heavy (non-hydrogen) atoms. The molecule has 2 heterocycles. The third kappa shape index (κ3) is 10.3. The zero-order chi connectivity index (χ0) is 24.4. The van der Waals surface area contributed by atoms with Crippen molar-refractivity contribution in [3.05, 3.63) is 17.5 Å². The number of aromatic nitrogens is 2. The van der Waals surface area contributed by atoms with Crippen LogP contribution in [0.3, 0.4) is 0 Å². The number of nitrogens with zero attached hydrogens (tertiary/aromatic N) is 6. The molecule has 1 aliphatic rings. The van der Waals surface area contributed by atoms with Gasteiger partial charge in [-0.3, -0.25) is 38.7 Å². The van der Waals surface area contributed by atoms with E-state index in [0.717, 1.165) is 11.4 Å². The van der Waals surface area contributed by atoms with Gasteiger partial charge in [-0.05, 0) is 19.9 Å². The molecule has 2 rings (SSSR count). The molecule has 12 heteroatoms. The van der Waals surface area contributed by atoms with Crippen molar-refractivity contribution >= 4 is 17.9 Å². The zero-order valence-electron chi connectivity index (χ0n) is 19.5. The molecule has 0 unspecified atom stereocenters. The average Bonchev–Trinajstić information content (AvgIpc) is 3.03. The van der Waals surface area contributed by atoms with Crippen LogP contribution in [0.1, 0.15) is 11.4 Å². The van der Waals surface area contributed by atoms with E-state index in [2.05, 4.69) is 10.00 Å². The predicted octanol–water partition coefficient (Wildman–Crippen LogP) is -1.02. The molecule has 1 aromatic rings. The smallest absolute Gasteiger partial charge is 0.317 e. The van der Waals surface area contributed by atoms with Crippen LogP contribution in [0.5, 0.6) is 0 Å². The number of aliphatic carboxylic acids is 3. The highest BCUT2D eigenvalue weighted by molar-refractivity contribution is 5.69. The number of aryl methyl sites for hydroxylation is 2. The molecule has 1 saturated heterocycles. The third-order valence-corrected chi connectivity index (χ3v) is 5.74. The van der Waals surface area contributed by atoms with Crippen LogP contribution in [-0.4, -0.2) is 141 Å². The monoisotopic (exact) mass is 468 g/mol. The molecule has 1 aromatic heterocycles. The lowest BCUT2D eigenvalue weighted by molar-refractivity contribution is -0.140. The van der Waals surface area contributed by atoms with Gasteiger partial charge in [0, 0.05) is 64.6 Å². The molecule has 186 valence electrons. The van der Waals surface area contributed by atoms with Gasteiger partial charge in [0.1, 0.15) is 0 Å². The van der Waals surface area contributed by atoms with E-state index in [0.29, 0.717) is 65.4 Å². The Morgan fingerprint density at radius 2 is 1.06 bits per heavy atom. The fourth-order valence-corrected chi connectivity index (χ4v) is 3.99. The second-order valence-electron chi connectivity index (χ2n) is 8.50. The highest BCUT2D eigenvalue weighted by Gasteiger charge is 2.20. The summed E-state index contributed by atoms with van der Waals surface area (Å²) in [5, 5.41) is 32.3. The molecule has 1 aliphatic heterocycles. The Morgan fingerprint density at radius 1 is 0.697 bits per heavy atom. The molecule has 0 atom stereocenters. The maximum atomic E-state index is 11.3. The standard InChI is InChI=1S/C21H36N6O6/c1-17-13-18(2)27(22-17)12-11-23-3-5-24(14-19(28)29)7-9-26(16-21(32)33)10-8-25(6-4-23)15-20(30)31/h13H,3-12,14-16H2,1-2H3,(H,28,29)(H,30,31)(H,32,33). The van der Waals surface area contributed by atoms with Crippen LogP contribution >= 0.6 is 0 Å². The minimum atomic E-state index is -0.966. The highest BCUT2D eigenvalue weighted by Crippen LogP contribution is 2.04. The van der Waals surface area contributed by atoms with E-state index in [1.165, 1.54) is 0 Å². The number of carboxylic acid groups (broad SMARTS) is 3. The van der Waals surface area contributed by atoms with E-state index in [4.69, 9.17) is 0 Å². The first-order chi connectivity index (χ1) is 15.6. The zero-order valence-corrected chi connectivity index (χ0v) is 19.5. The molecule has 0 spiro atoms. The SMILES string of the molecule is Cc1cc(C)n(CCN2CCN(CC(=O)O)CCN(CC(=O)O)CCN(CC(=O)O)CC2)n1. The number of carboxylic acids is 3. The van der Waals surface area contributed by atoms with Crippen molar-refractivity contribution < 1.29 is 29.7 Å². The molecule has 0 aromatic carbocycles. The van der Waals surface area contributed by atoms with Crippen molar-refractivity contribution in [2.45, 2.75) is 20.4 Å². The summed E-state index contributed by atoms with van der Waals surface area (Å²) in [6, 6.07) is 2.02. The Labute approximate surface area is 194 Å². The summed E-state index contributed by atoms with van der Waals surface area (Å²) in [7, 11) is 0. The van der Waals surface area contributed by atoms with Gasteiger partial charge in [0.05, 0.1) is 31.9 Å². The second-order valence-corrected chi connectivity index (χ2v) is 8.50. The van der Waals surface area contributed by atoms with Gasteiger partial charge in [-0.1, -0.05) is 0 Å². The fraction of sp³-hybridized carbons (Fsp3) is 0.714. The van der Waals surface area contributed by atoms with Crippen molar-refractivity contribution in [3.63, 3.8) is 0 Å². The first kappa shape index (κ1) is 26.7. The second kappa shape index (κ2) is 13.2. The maximum Gasteiger partial charge on any atom is 0.317 e. The Hall–Kier alpha value is -2.54. The summed E-state index contributed by atoms with van der Waals surface area (Å²) >= 11 is 0. The summed E-state index contributed by atoms with van der Waals surface area (Å²) in [6.07, 6.45) is 0. The molecular weight excluding hydrogens is 432 g/mol. The number of carbonyl (C=O) groups is 3. The molecule has 0 aliphatic carbocycles. The normalized spacial score (nSPS) is 18.5. The van der Waals surface area contributed by atoms with Gasteiger partial charge in [0.25, 0.3) is 0 Å². The summed E-state index contributed by atoms with van der Waals surface area (Å²) in [5.41, 5.74) is 2.02. The fourth-order valence-electron chi connectivity index (χ4n) is 3.99. The largest absolute Gasteiger partial charge is 0.480 e. The van der Waals surface area contributed by atoms with E-state index in [1.54, 1.807) is 4.90 Å². The minimum Gasteiger partial charge on any atom is -0.480 e. The van der Waals surface area contributed by atoms with Gasteiger partial charge >= 0.3 is 17.9 Å². The van der Waals surface area contributed by atoms with Crippen molar-refractivity contribution in [2.75, 3.05) is 78.5 Å². The van der Waals surface area contributed by atoms with Crippen LogP contribution in [0, 0.1) is 13.8 Å². The molecule has 0 bridgehead atoms. The van der Waals surface area contributed by atoms with Crippen molar-refractivity contribution in [2.24, 2.45) is 0 Å². The van der Waals surface area contributed by atoms with Crippen molar-refractivity contribution in [1.29, 1.82) is 0 Å². The predicted molar refractivity (Wildman–Crippen MR) is 120 cm³/mol. The molecule has 0 saturated carbocycles. The van der Waals surface area contributed by atoms with E-state index in [-0.39, 0.29) is 19.6 Å². The van der Waals surface area contributed by atoms with Crippen LogP contribution in [-0.2, 0) is 20.9 Å². The summed E-state index contributed by atoms with van der Waals surface area (Å²) in [6.45, 7) is 8.84. The number of rotatable bonds is 9. The topological polar surface area (TPSA) is 143 Å². The molecular formula is C21H36N6O6. The molecule has 12 nitrogen and oxygen atoms in total. The average molecular weight is 469 g/mol. The third-order valence-electron chi connectivity index (χ3n) is 5.74. The van der Waals surface area contributed by atoms with Gasteiger partial charge in [0.15, 0.2) is 0 Å². The van der Waals surface area contributed by atoms with E-state index in [1.807, 2.05) is 34.4 Å². The Morgan fingerprint density at radius 3 is 1.36 bits per heavy atom.